The standard InChI is InChI=1S/C21H23NO2S/c23-21(24-15-16-7-3-1-4-8-16)22-13-17-11-20(12-18(17)14-22)25-19-9-5-2-6-10-19/h1-10,17-18,20H,11-15H2/t17-,18+,20?. The number of hydrogen-bond donors (Lipinski definition) is 0. The van der Waals surface area contributed by atoms with Crippen molar-refractivity contribution in [2.45, 2.75) is 29.6 Å². The highest BCUT2D eigenvalue weighted by atomic mass is 32.2. The molecule has 130 valence electrons. The summed E-state index contributed by atoms with van der Waals surface area (Å²) in [6, 6.07) is 20.5. The molecule has 1 saturated heterocycles. The van der Waals surface area contributed by atoms with E-state index in [2.05, 4.69) is 30.3 Å². The van der Waals surface area contributed by atoms with Crippen molar-refractivity contribution in [3.05, 3.63) is 66.2 Å². The predicted octanol–water partition coefficient (Wildman–Crippen LogP) is 4.83. The summed E-state index contributed by atoms with van der Waals surface area (Å²) in [4.78, 5) is 15.6. The molecule has 0 bridgehead atoms. The molecule has 2 aliphatic rings. The predicted molar refractivity (Wildman–Crippen MR) is 101 cm³/mol. The second kappa shape index (κ2) is 7.52. The molecule has 1 saturated carbocycles. The number of amides is 1. The summed E-state index contributed by atoms with van der Waals surface area (Å²) >= 11 is 1.99. The van der Waals surface area contributed by atoms with Gasteiger partial charge in [-0.05, 0) is 42.4 Å². The van der Waals surface area contributed by atoms with Crippen LogP contribution in [0.3, 0.4) is 0 Å². The van der Waals surface area contributed by atoms with Gasteiger partial charge in [0.15, 0.2) is 0 Å². The van der Waals surface area contributed by atoms with Crippen LogP contribution in [0, 0.1) is 11.8 Å². The molecule has 25 heavy (non-hydrogen) atoms. The van der Waals surface area contributed by atoms with Crippen molar-refractivity contribution in [2.75, 3.05) is 13.1 Å². The van der Waals surface area contributed by atoms with E-state index in [9.17, 15) is 4.79 Å². The lowest BCUT2D eigenvalue weighted by Crippen LogP contribution is -2.30. The highest BCUT2D eigenvalue weighted by molar-refractivity contribution is 8.00. The van der Waals surface area contributed by atoms with E-state index in [4.69, 9.17) is 4.74 Å². The number of rotatable bonds is 4. The molecule has 2 aromatic carbocycles. The maximum absolute atomic E-state index is 12.3. The Morgan fingerprint density at radius 3 is 2.20 bits per heavy atom. The second-order valence-corrected chi connectivity index (χ2v) is 8.36. The van der Waals surface area contributed by atoms with Crippen LogP contribution in [0.2, 0.25) is 0 Å². The molecule has 1 aliphatic carbocycles. The van der Waals surface area contributed by atoms with Crippen LogP contribution in [0.1, 0.15) is 18.4 Å². The number of hydrogen-bond acceptors (Lipinski definition) is 3. The monoisotopic (exact) mass is 353 g/mol. The summed E-state index contributed by atoms with van der Waals surface area (Å²) in [6.07, 6.45) is 2.24. The SMILES string of the molecule is O=C(OCc1ccccc1)N1C[C@H]2CC(Sc3ccccc3)C[C@H]2C1. The third-order valence-electron chi connectivity index (χ3n) is 5.22. The van der Waals surface area contributed by atoms with Gasteiger partial charge in [-0.3, -0.25) is 0 Å². The molecule has 0 N–H and O–H groups in total. The van der Waals surface area contributed by atoms with Crippen molar-refractivity contribution in [3.8, 4) is 0 Å². The Hall–Kier alpha value is -1.94. The molecule has 4 heteroatoms. The molecule has 1 aliphatic heterocycles. The molecular weight excluding hydrogens is 330 g/mol. The van der Waals surface area contributed by atoms with Gasteiger partial charge < -0.3 is 9.64 Å². The zero-order valence-electron chi connectivity index (χ0n) is 14.2. The van der Waals surface area contributed by atoms with Gasteiger partial charge in [0.2, 0.25) is 0 Å². The summed E-state index contributed by atoms with van der Waals surface area (Å²) < 4.78 is 5.48. The van der Waals surface area contributed by atoms with Crippen LogP contribution in [0.4, 0.5) is 4.79 Å². The topological polar surface area (TPSA) is 29.5 Å². The molecule has 0 spiro atoms. The van der Waals surface area contributed by atoms with Gasteiger partial charge in [-0.15, -0.1) is 11.8 Å². The maximum Gasteiger partial charge on any atom is 0.410 e. The van der Waals surface area contributed by atoms with E-state index < -0.39 is 0 Å². The zero-order valence-corrected chi connectivity index (χ0v) is 15.0. The first-order chi connectivity index (χ1) is 12.3. The molecule has 0 aromatic heterocycles. The van der Waals surface area contributed by atoms with Gasteiger partial charge in [-0.25, -0.2) is 4.79 Å². The number of thioether (sulfide) groups is 1. The van der Waals surface area contributed by atoms with Crippen LogP contribution >= 0.6 is 11.8 Å². The van der Waals surface area contributed by atoms with Crippen LogP contribution in [0.25, 0.3) is 0 Å². The Bertz CT molecular complexity index is 692. The molecule has 2 fully saturated rings. The van der Waals surface area contributed by atoms with Gasteiger partial charge in [-0.1, -0.05) is 48.5 Å². The van der Waals surface area contributed by atoms with Crippen LogP contribution in [0.15, 0.2) is 65.6 Å². The third kappa shape index (κ3) is 4.01. The quantitative estimate of drug-likeness (QED) is 0.789. The van der Waals surface area contributed by atoms with Crippen LogP contribution in [-0.4, -0.2) is 29.3 Å². The molecule has 1 unspecified atom stereocenters. The first kappa shape index (κ1) is 16.5. The fourth-order valence-electron chi connectivity index (χ4n) is 3.99. The average molecular weight is 353 g/mol. The van der Waals surface area contributed by atoms with Gasteiger partial charge in [0.05, 0.1) is 0 Å². The molecule has 2 aromatic rings. The van der Waals surface area contributed by atoms with E-state index in [0.717, 1.165) is 18.7 Å². The Kier molecular flexibility index (Phi) is 4.97. The Balaban J connectivity index is 1.25. The minimum Gasteiger partial charge on any atom is -0.445 e. The van der Waals surface area contributed by atoms with Gasteiger partial charge >= 0.3 is 6.09 Å². The highest BCUT2D eigenvalue weighted by Crippen LogP contribution is 2.45. The van der Waals surface area contributed by atoms with Crippen molar-refractivity contribution in [1.82, 2.24) is 4.90 Å². The van der Waals surface area contributed by atoms with Crippen LogP contribution in [0.5, 0.6) is 0 Å². The Labute approximate surface area is 153 Å². The number of nitrogens with zero attached hydrogens (tertiary/aromatic N) is 1. The molecule has 3 nitrogen and oxygen atoms in total. The number of carbonyl (C=O) groups excluding carboxylic acids is 1. The molecular formula is C21H23NO2S. The maximum atomic E-state index is 12.3. The van der Waals surface area contributed by atoms with Gasteiger partial charge in [-0.2, -0.15) is 0 Å². The van der Waals surface area contributed by atoms with E-state index in [1.54, 1.807) is 0 Å². The molecule has 0 radical (unpaired) electrons. The fraction of sp³-hybridized carbons (Fsp3) is 0.381. The highest BCUT2D eigenvalue weighted by Gasteiger charge is 2.43. The average Bonchev–Trinajstić information content (AvgIpc) is 3.20. The Morgan fingerprint density at radius 1 is 0.960 bits per heavy atom. The zero-order chi connectivity index (χ0) is 17.1. The summed E-state index contributed by atoms with van der Waals surface area (Å²) in [5.41, 5.74) is 1.04. The van der Waals surface area contributed by atoms with E-state index in [-0.39, 0.29) is 6.09 Å². The molecule has 1 amide bonds. The van der Waals surface area contributed by atoms with Crippen molar-refractivity contribution < 1.29 is 9.53 Å². The van der Waals surface area contributed by atoms with Gasteiger partial charge in [0, 0.05) is 23.2 Å². The van der Waals surface area contributed by atoms with Crippen LogP contribution in [-0.2, 0) is 11.3 Å². The number of benzene rings is 2. The first-order valence-electron chi connectivity index (χ1n) is 8.95. The van der Waals surface area contributed by atoms with Gasteiger partial charge in [0.25, 0.3) is 0 Å². The largest absolute Gasteiger partial charge is 0.445 e. The van der Waals surface area contributed by atoms with Crippen molar-refractivity contribution in [1.29, 1.82) is 0 Å². The van der Waals surface area contributed by atoms with Crippen LogP contribution < -0.4 is 0 Å². The normalized spacial score (nSPS) is 25.0. The van der Waals surface area contributed by atoms with Crippen molar-refractivity contribution >= 4 is 17.9 Å². The van der Waals surface area contributed by atoms with E-state index in [0.29, 0.717) is 23.7 Å². The Morgan fingerprint density at radius 2 is 1.56 bits per heavy atom. The third-order valence-corrected chi connectivity index (χ3v) is 6.48. The summed E-state index contributed by atoms with van der Waals surface area (Å²) in [5.74, 6) is 1.26. The lowest BCUT2D eigenvalue weighted by atomic mass is 10.0. The van der Waals surface area contributed by atoms with Gasteiger partial charge in [0.1, 0.15) is 6.61 Å². The lowest BCUT2D eigenvalue weighted by Gasteiger charge is -2.19. The second-order valence-electron chi connectivity index (χ2n) is 6.99. The fourth-order valence-corrected chi connectivity index (χ4v) is 5.38. The summed E-state index contributed by atoms with van der Waals surface area (Å²) in [5, 5.41) is 0.680. The minimum absolute atomic E-state index is 0.162. The van der Waals surface area contributed by atoms with E-state index in [1.807, 2.05) is 47.0 Å². The van der Waals surface area contributed by atoms with Crippen molar-refractivity contribution in [2.24, 2.45) is 11.8 Å². The first-order valence-corrected chi connectivity index (χ1v) is 9.83. The lowest BCUT2D eigenvalue weighted by molar-refractivity contribution is 0.102. The summed E-state index contributed by atoms with van der Waals surface area (Å²) in [6.45, 7) is 2.06. The number of carbonyl (C=O) groups is 1. The molecule has 3 atom stereocenters. The van der Waals surface area contributed by atoms with E-state index >= 15 is 0 Å². The number of fused-ring (bicyclic) bond motifs is 1. The van der Waals surface area contributed by atoms with Crippen molar-refractivity contribution in [3.63, 3.8) is 0 Å². The molecule has 4 rings (SSSR count). The molecule has 1 heterocycles. The smallest absolute Gasteiger partial charge is 0.410 e. The minimum atomic E-state index is -0.162. The number of likely N-dealkylation sites (tertiary alicyclic amines) is 1. The number of ether oxygens (including phenoxy) is 1. The summed E-state index contributed by atoms with van der Waals surface area (Å²) in [7, 11) is 0. The van der Waals surface area contributed by atoms with E-state index in [1.165, 1.54) is 17.7 Å².